The van der Waals surface area contributed by atoms with Gasteiger partial charge in [0, 0.05) is 20.5 Å². The van der Waals surface area contributed by atoms with Crippen LogP contribution in [-0.4, -0.2) is 59.4 Å². The first-order valence-electron chi connectivity index (χ1n) is 8.97. The number of carbonyl (C=O) groups is 1. The van der Waals surface area contributed by atoms with Crippen molar-refractivity contribution in [2.45, 2.75) is 17.4 Å². The second kappa shape index (κ2) is 9.52. The molecule has 2 rings (SSSR count). The van der Waals surface area contributed by atoms with Crippen LogP contribution in [0.25, 0.3) is 0 Å². The summed E-state index contributed by atoms with van der Waals surface area (Å²) >= 11 is 6.15. The van der Waals surface area contributed by atoms with Gasteiger partial charge in [-0.15, -0.1) is 0 Å². The van der Waals surface area contributed by atoms with Gasteiger partial charge in [0.25, 0.3) is 5.91 Å². The third-order valence-corrected chi connectivity index (χ3v) is 6.75. The summed E-state index contributed by atoms with van der Waals surface area (Å²) in [5.74, 6) is -0.389. The SMILES string of the molecule is CN(C)S(=O)(=O)c1ccc(Cl)c(C(=O)NC[C@H](Cc2ccccc2)[NH+](C)C)c1. The summed E-state index contributed by atoms with van der Waals surface area (Å²) in [6.07, 6.45) is 0.812. The Bertz CT molecular complexity index is 916. The average molecular weight is 425 g/mol. The average Bonchev–Trinajstić information content (AvgIpc) is 2.65. The first-order chi connectivity index (χ1) is 13.1. The van der Waals surface area contributed by atoms with Crippen molar-refractivity contribution >= 4 is 27.5 Å². The van der Waals surface area contributed by atoms with Crippen LogP contribution in [0.4, 0.5) is 0 Å². The standard InChI is InChI=1S/C20H26ClN3O3S/c1-23(2)16(12-15-8-6-5-7-9-15)14-22-20(25)18-13-17(10-11-19(18)21)28(26,27)24(3)4/h5-11,13,16H,12,14H2,1-4H3,(H,22,25)/p+1/t16-/m0/s1. The lowest BCUT2D eigenvalue weighted by Crippen LogP contribution is -3.11. The van der Waals surface area contributed by atoms with Crippen LogP contribution in [0.5, 0.6) is 0 Å². The van der Waals surface area contributed by atoms with Crippen LogP contribution in [0, 0.1) is 0 Å². The maximum Gasteiger partial charge on any atom is 0.253 e. The van der Waals surface area contributed by atoms with Gasteiger partial charge in [0.15, 0.2) is 0 Å². The fourth-order valence-electron chi connectivity index (χ4n) is 2.74. The van der Waals surface area contributed by atoms with Crippen LogP contribution >= 0.6 is 11.6 Å². The molecule has 2 aromatic carbocycles. The zero-order chi connectivity index (χ0) is 20.9. The van der Waals surface area contributed by atoms with Crippen molar-refractivity contribution in [2.24, 2.45) is 0 Å². The summed E-state index contributed by atoms with van der Waals surface area (Å²) in [6.45, 7) is 0.442. The van der Waals surface area contributed by atoms with E-state index in [1.165, 1.54) is 42.8 Å². The minimum absolute atomic E-state index is 0.0334. The van der Waals surface area contributed by atoms with Crippen molar-refractivity contribution in [3.8, 4) is 0 Å². The lowest BCUT2D eigenvalue weighted by molar-refractivity contribution is -0.884. The molecule has 152 valence electrons. The van der Waals surface area contributed by atoms with Crippen LogP contribution in [0.1, 0.15) is 15.9 Å². The fourth-order valence-corrected chi connectivity index (χ4v) is 3.87. The van der Waals surface area contributed by atoms with Crippen LogP contribution in [0.2, 0.25) is 5.02 Å². The van der Waals surface area contributed by atoms with Crippen molar-refractivity contribution in [1.82, 2.24) is 9.62 Å². The molecule has 0 saturated carbocycles. The lowest BCUT2D eigenvalue weighted by Gasteiger charge is -2.22. The Morgan fingerprint density at radius 2 is 1.79 bits per heavy atom. The quantitative estimate of drug-likeness (QED) is 0.666. The number of quaternary nitrogens is 1. The number of likely N-dealkylation sites (N-methyl/N-ethyl adjacent to an activating group) is 1. The molecule has 0 aliphatic heterocycles. The molecule has 0 aromatic heterocycles. The molecule has 2 N–H and O–H groups in total. The molecule has 28 heavy (non-hydrogen) atoms. The zero-order valence-electron chi connectivity index (χ0n) is 16.6. The van der Waals surface area contributed by atoms with Crippen molar-refractivity contribution in [2.75, 3.05) is 34.7 Å². The Hall–Kier alpha value is -1.93. The summed E-state index contributed by atoms with van der Waals surface area (Å²) in [6, 6.07) is 14.4. The Morgan fingerprint density at radius 3 is 2.36 bits per heavy atom. The number of hydrogen-bond donors (Lipinski definition) is 2. The molecule has 1 amide bonds. The van der Waals surface area contributed by atoms with E-state index in [1.807, 2.05) is 32.3 Å². The van der Waals surface area contributed by atoms with Crippen LogP contribution in [0.15, 0.2) is 53.4 Å². The maximum absolute atomic E-state index is 12.7. The van der Waals surface area contributed by atoms with E-state index in [1.54, 1.807) is 0 Å². The summed E-state index contributed by atoms with van der Waals surface area (Å²) in [5, 5.41) is 3.11. The van der Waals surface area contributed by atoms with Crippen molar-refractivity contribution in [1.29, 1.82) is 0 Å². The van der Waals surface area contributed by atoms with E-state index in [-0.39, 0.29) is 27.4 Å². The third-order valence-electron chi connectivity index (χ3n) is 4.61. The van der Waals surface area contributed by atoms with Crippen LogP contribution in [0.3, 0.4) is 0 Å². The number of benzene rings is 2. The number of amides is 1. The molecule has 0 bridgehead atoms. The van der Waals surface area contributed by atoms with Gasteiger partial charge in [0.05, 0.1) is 36.1 Å². The van der Waals surface area contributed by atoms with E-state index in [2.05, 4.69) is 17.4 Å². The summed E-state index contributed by atoms with van der Waals surface area (Å²) < 4.78 is 25.7. The molecule has 0 aliphatic rings. The van der Waals surface area contributed by atoms with E-state index in [0.717, 1.165) is 10.7 Å². The van der Waals surface area contributed by atoms with E-state index >= 15 is 0 Å². The van der Waals surface area contributed by atoms with Gasteiger partial charge in [-0.3, -0.25) is 4.79 Å². The summed E-state index contributed by atoms with van der Waals surface area (Å²) in [4.78, 5) is 13.9. The molecule has 0 aliphatic carbocycles. The molecule has 0 saturated heterocycles. The zero-order valence-corrected chi connectivity index (χ0v) is 18.1. The maximum atomic E-state index is 12.7. The molecule has 2 aromatic rings. The van der Waals surface area contributed by atoms with Gasteiger partial charge in [-0.2, -0.15) is 0 Å². The molecule has 1 atom stereocenters. The smallest absolute Gasteiger partial charge is 0.253 e. The Labute approximate surface area is 172 Å². The lowest BCUT2D eigenvalue weighted by atomic mass is 10.0. The molecule has 0 spiro atoms. The highest BCUT2D eigenvalue weighted by atomic mass is 35.5. The van der Waals surface area contributed by atoms with E-state index in [9.17, 15) is 13.2 Å². The van der Waals surface area contributed by atoms with E-state index in [0.29, 0.717) is 6.54 Å². The van der Waals surface area contributed by atoms with Gasteiger partial charge in [0.1, 0.15) is 6.04 Å². The second-order valence-electron chi connectivity index (χ2n) is 7.10. The minimum atomic E-state index is -3.64. The minimum Gasteiger partial charge on any atom is -0.346 e. The number of nitrogens with one attached hydrogen (secondary N) is 2. The Kier molecular flexibility index (Phi) is 7.60. The Balaban J connectivity index is 2.15. The van der Waals surface area contributed by atoms with Crippen LogP contribution in [-0.2, 0) is 16.4 Å². The number of rotatable bonds is 8. The van der Waals surface area contributed by atoms with E-state index < -0.39 is 10.0 Å². The second-order valence-corrected chi connectivity index (χ2v) is 9.66. The first kappa shape index (κ1) is 22.4. The molecule has 0 radical (unpaired) electrons. The van der Waals surface area contributed by atoms with Gasteiger partial charge < -0.3 is 10.2 Å². The van der Waals surface area contributed by atoms with Gasteiger partial charge in [-0.25, -0.2) is 12.7 Å². The molecule has 0 fully saturated rings. The third kappa shape index (κ3) is 5.54. The highest BCUT2D eigenvalue weighted by Crippen LogP contribution is 2.22. The largest absolute Gasteiger partial charge is 0.346 e. The highest BCUT2D eigenvalue weighted by molar-refractivity contribution is 7.89. The summed E-state index contributed by atoms with van der Waals surface area (Å²) in [5.41, 5.74) is 1.34. The molecule has 0 heterocycles. The number of halogens is 1. The van der Waals surface area contributed by atoms with Gasteiger partial charge in [-0.1, -0.05) is 41.9 Å². The monoisotopic (exact) mass is 424 g/mol. The van der Waals surface area contributed by atoms with E-state index in [4.69, 9.17) is 11.6 Å². The van der Waals surface area contributed by atoms with Gasteiger partial charge >= 0.3 is 0 Å². The molecule has 0 unspecified atom stereocenters. The van der Waals surface area contributed by atoms with Crippen molar-refractivity contribution in [3.63, 3.8) is 0 Å². The number of hydrogen-bond acceptors (Lipinski definition) is 3. The van der Waals surface area contributed by atoms with Crippen molar-refractivity contribution in [3.05, 3.63) is 64.7 Å². The van der Waals surface area contributed by atoms with Gasteiger partial charge in [-0.05, 0) is 23.8 Å². The van der Waals surface area contributed by atoms with Gasteiger partial charge in [0.2, 0.25) is 10.0 Å². The predicted molar refractivity (Wildman–Crippen MR) is 111 cm³/mol. The first-order valence-corrected chi connectivity index (χ1v) is 10.8. The molecule has 6 nitrogen and oxygen atoms in total. The summed E-state index contributed by atoms with van der Waals surface area (Å²) in [7, 11) is 3.32. The number of sulfonamides is 1. The fraction of sp³-hybridized carbons (Fsp3) is 0.350. The predicted octanol–water partition coefficient (Wildman–Crippen LogP) is 1.08. The number of nitrogens with zero attached hydrogens (tertiary/aromatic N) is 1. The van der Waals surface area contributed by atoms with Crippen molar-refractivity contribution < 1.29 is 18.1 Å². The Morgan fingerprint density at radius 1 is 1.14 bits per heavy atom. The molecular weight excluding hydrogens is 398 g/mol. The normalized spacial score (nSPS) is 13.0. The molecular formula is C20H27ClN3O3S+. The molecule has 8 heteroatoms. The number of carbonyl (C=O) groups excluding carboxylic acids is 1. The topological polar surface area (TPSA) is 70.9 Å². The van der Waals surface area contributed by atoms with Crippen LogP contribution < -0.4 is 10.2 Å². The highest BCUT2D eigenvalue weighted by Gasteiger charge is 2.22.